The molecular weight excluding hydrogens is 356 g/mol. The second kappa shape index (κ2) is 9.20. The molecule has 1 unspecified atom stereocenters. The molecular formula is C21H24N4O3. The van der Waals surface area contributed by atoms with Crippen LogP contribution in [-0.4, -0.2) is 53.8 Å². The van der Waals surface area contributed by atoms with Crippen LogP contribution in [0.5, 0.6) is 0 Å². The highest BCUT2D eigenvalue weighted by atomic mass is 16.3. The second-order valence-corrected chi connectivity index (χ2v) is 6.94. The maximum absolute atomic E-state index is 12.7. The van der Waals surface area contributed by atoms with E-state index >= 15 is 0 Å². The van der Waals surface area contributed by atoms with Crippen molar-refractivity contribution in [1.29, 1.82) is 5.26 Å². The van der Waals surface area contributed by atoms with E-state index < -0.39 is 6.04 Å². The Morgan fingerprint density at radius 3 is 2.64 bits per heavy atom. The molecule has 1 aromatic heterocycles. The molecule has 0 spiro atoms. The largest absolute Gasteiger partial charge is 0.459 e. The summed E-state index contributed by atoms with van der Waals surface area (Å²) in [7, 11) is 0. The van der Waals surface area contributed by atoms with Gasteiger partial charge < -0.3 is 14.6 Å². The molecule has 28 heavy (non-hydrogen) atoms. The van der Waals surface area contributed by atoms with E-state index in [1.165, 1.54) is 6.26 Å². The lowest BCUT2D eigenvalue weighted by Crippen LogP contribution is -2.48. The number of nitrogens with zero attached hydrogens (tertiary/aromatic N) is 3. The van der Waals surface area contributed by atoms with Gasteiger partial charge in [0, 0.05) is 32.7 Å². The average molecular weight is 380 g/mol. The summed E-state index contributed by atoms with van der Waals surface area (Å²) >= 11 is 0. The SMILES string of the molecule is CC(NC(=O)c1ccco1)C(=O)N1CCCN(Cc2ccc(C#N)cc2)CC1. The van der Waals surface area contributed by atoms with Crippen LogP contribution in [0.3, 0.4) is 0 Å². The molecule has 1 aliphatic heterocycles. The maximum atomic E-state index is 12.7. The van der Waals surface area contributed by atoms with Crippen molar-refractivity contribution in [3.05, 3.63) is 59.5 Å². The van der Waals surface area contributed by atoms with Crippen LogP contribution in [0.1, 0.15) is 35.0 Å². The Hall–Kier alpha value is -3.11. The van der Waals surface area contributed by atoms with Gasteiger partial charge in [-0.1, -0.05) is 12.1 Å². The third-order valence-corrected chi connectivity index (χ3v) is 4.85. The van der Waals surface area contributed by atoms with Crippen LogP contribution in [-0.2, 0) is 11.3 Å². The second-order valence-electron chi connectivity index (χ2n) is 6.94. The first-order valence-electron chi connectivity index (χ1n) is 9.41. The van der Waals surface area contributed by atoms with Crippen LogP contribution in [0.4, 0.5) is 0 Å². The number of hydrogen-bond donors (Lipinski definition) is 1. The summed E-state index contributed by atoms with van der Waals surface area (Å²) in [4.78, 5) is 28.9. The van der Waals surface area contributed by atoms with E-state index in [0.29, 0.717) is 18.7 Å². The minimum absolute atomic E-state index is 0.0832. The Labute approximate surface area is 164 Å². The Bertz CT molecular complexity index is 840. The highest BCUT2D eigenvalue weighted by Crippen LogP contribution is 2.11. The third-order valence-electron chi connectivity index (χ3n) is 4.85. The van der Waals surface area contributed by atoms with Crippen molar-refractivity contribution in [2.45, 2.75) is 25.9 Å². The number of benzene rings is 1. The van der Waals surface area contributed by atoms with Gasteiger partial charge in [0.2, 0.25) is 5.91 Å². The molecule has 0 radical (unpaired) electrons. The van der Waals surface area contributed by atoms with Crippen LogP contribution < -0.4 is 5.32 Å². The van der Waals surface area contributed by atoms with E-state index in [1.54, 1.807) is 19.1 Å². The lowest BCUT2D eigenvalue weighted by atomic mass is 10.1. The molecule has 1 aromatic carbocycles. The summed E-state index contributed by atoms with van der Waals surface area (Å²) < 4.78 is 5.07. The molecule has 7 heteroatoms. The topological polar surface area (TPSA) is 89.6 Å². The number of carbonyl (C=O) groups is 2. The first kappa shape index (κ1) is 19.6. The van der Waals surface area contributed by atoms with E-state index in [-0.39, 0.29) is 17.6 Å². The minimum atomic E-state index is -0.609. The fourth-order valence-electron chi connectivity index (χ4n) is 3.30. The highest BCUT2D eigenvalue weighted by Gasteiger charge is 2.25. The molecule has 7 nitrogen and oxygen atoms in total. The van der Waals surface area contributed by atoms with Gasteiger partial charge in [0.05, 0.1) is 17.9 Å². The van der Waals surface area contributed by atoms with Gasteiger partial charge in [-0.15, -0.1) is 0 Å². The molecule has 2 aromatic rings. The van der Waals surface area contributed by atoms with E-state index in [2.05, 4.69) is 16.3 Å². The smallest absolute Gasteiger partial charge is 0.287 e. The Kier molecular flexibility index (Phi) is 6.45. The third kappa shape index (κ3) is 4.99. The van der Waals surface area contributed by atoms with Gasteiger partial charge in [-0.3, -0.25) is 14.5 Å². The van der Waals surface area contributed by atoms with Crippen LogP contribution in [0.15, 0.2) is 47.1 Å². The number of carbonyl (C=O) groups excluding carboxylic acids is 2. The molecule has 0 bridgehead atoms. The molecule has 1 N–H and O–H groups in total. The van der Waals surface area contributed by atoms with Gasteiger partial charge in [0.25, 0.3) is 5.91 Å². The minimum Gasteiger partial charge on any atom is -0.459 e. The molecule has 2 amide bonds. The van der Waals surface area contributed by atoms with E-state index in [9.17, 15) is 9.59 Å². The number of rotatable bonds is 5. The molecule has 3 rings (SSSR count). The number of furan rings is 1. The van der Waals surface area contributed by atoms with Gasteiger partial charge in [-0.2, -0.15) is 5.26 Å². The van der Waals surface area contributed by atoms with E-state index in [1.807, 2.05) is 29.2 Å². The Balaban J connectivity index is 1.51. The summed E-state index contributed by atoms with van der Waals surface area (Å²) in [5.74, 6) is -0.271. The summed E-state index contributed by atoms with van der Waals surface area (Å²) in [5.41, 5.74) is 1.81. The normalized spacial score (nSPS) is 16.1. The van der Waals surface area contributed by atoms with Crippen molar-refractivity contribution in [3.8, 4) is 6.07 Å². The molecule has 0 aliphatic carbocycles. The molecule has 1 saturated heterocycles. The molecule has 1 aliphatic rings. The van der Waals surface area contributed by atoms with Gasteiger partial charge in [-0.05, 0) is 43.2 Å². The Morgan fingerprint density at radius 2 is 1.96 bits per heavy atom. The standard InChI is InChI=1S/C21H24N4O3/c1-16(23-20(26)19-4-2-13-28-19)21(27)25-10-3-9-24(11-12-25)15-18-7-5-17(14-22)6-8-18/h2,4-8,13,16H,3,9-12,15H2,1H3,(H,23,26). The quantitative estimate of drug-likeness (QED) is 0.857. The molecule has 146 valence electrons. The van der Waals surface area contributed by atoms with Crippen LogP contribution in [0.2, 0.25) is 0 Å². The fraction of sp³-hybridized carbons (Fsp3) is 0.381. The maximum Gasteiger partial charge on any atom is 0.287 e. The van der Waals surface area contributed by atoms with Crippen molar-refractivity contribution in [2.75, 3.05) is 26.2 Å². The first-order chi connectivity index (χ1) is 13.6. The summed E-state index contributed by atoms with van der Waals surface area (Å²) in [6.07, 6.45) is 2.31. The van der Waals surface area contributed by atoms with Crippen LogP contribution in [0.25, 0.3) is 0 Å². The van der Waals surface area contributed by atoms with Crippen molar-refractivity contribution < 1.29 is 14.0 Å². The lowest BCUT2D eigenvalue weighted by Gasteiger charge is -2.25. The summed E-state index contributed by atoms with van der Waals surface area (Å²) in [5, 5.41) is 11.6. The van der Waals surface area contributed by atoms with Crippen molar-refractivity contribution in [2.24, 2.45) is 0 Å². The van der Waals surface area contributed by atoms with Crippen molar-refractivity contribution in [1.82, 2.24) is 15.1 Å². The zero-order valence-corrected chi connectivity index (χ0v) is 15.9. The predicted molar refractivity (Wildman–Crippen MR) is 103 cm³/mol. The predicted octanol–water partition coefficient (Wildman–Crippen LogP) is 2.00. The van der Waals surface area contributed by atoms with Gasteiger partial charge in [-0.25, -0.2) is 0 Å². The molecule has 1 atom stereocenters. The van der Waals surface area contributed by atoms with E-state index in [0.717, 1.165) is 31.6 Å². The van der Waals surface area contributed by atoms with Crippen molar-refractivity contribution in [3.63, 3.8) is 0 Å². The number of amides is 2. The average Bonchev–Trinajstić information content (AvgIpc) is 3.15. The highest BCUT2D eigenvalue weighted by molar-refractivity contribution is 5.95. The number of nitrogens with one attached hydrogen (secondary N) is 1. The number of nitriles is 1. The van der Waals surface area contributed by atoms with Crippen LogP contribution >= 0.6 is 0 Å². The van der Waals surface area contributed by atoms with Crippen molar-refractivity contribution >= 4 is 11.8 Å². The van der Waals surface area contributed by atoms with Gasteiger partial charge in [0.15, 0.2) is 5.76 Å². The zero-order valence-electron chi connectivity index (χ0n) is 15.9. The molecule has 0 saturated carbocycles. The molecule has 2 heterocycles. The summed E-state index contributed by atoms with van der Waals surface area (Å²) in [6, 6.07) is 12.3. The zero-order chi connectivity index (χ0) is 19.9. The summed E-state index contributed by atoms with van der Waals surface area (Å²) in [6.45, 7) is 5.45. The first-order valence-corrected chi connectivity index (χ1v) is 9.41. The lowest BCUT2D eigenvalue weighted by molar-refractivity contribution is -0.132. The monoisotopic (exact) mass is 380 g/mol. The molecule has 1 fully saturated rings. The van der Waals surface area contributed by atoms with Gasteiger partial charge in [0.1, 0.15) is 6.04 Å². The van der Waals surface area contributed by atoms with E-state index in [4.69, 9.17) is 9.68 Å². The van der Waals surface area contributed by atoms with Crippen LogP contribution in [0, 0.1) is 11.3 Å². The van der Waals surface area contributed by atoms with Gasteiger partial charge >= 0.3 is 0 Å². The fourth-order valence-corrected chi connectivity index (χ4v) is 3.30. The Morgan fingerprint density at radius 1 is 1.18 bits per heavy atom. The number of hydrogen-bond acceptors (Lipinski definition) is 5.